The van der Waals surface area contributed by atoms with E-state index in [2.05, 4.69) is 158 Å². The molecule has 0 fully saturated rings. The van der Waals surface area contributed by atoms with Gasteiger partial charge >= 0.3 is 0 Å². The SMILES string of the molecule is c1ccc(-c2oc3cc4c(cc3c2-c2ccccc2)oc2cccc(-c3c5ccccc5c(-c5ccc6c(c5)oc5ccccc56)c5ccccc35)c24)cc1. The molecule has 3 heterocycles. The first-order chi connectivity index (χ1) is 27.3. The lowest BCUT2D eigenvalue weighted by molar-refractivity contribution is 0.632. The van der Waals surface area contributed by atoms with Crippen molar-refractivity contribution in [1.82, 2.24) is 0 Å². The molecule has 3 heteroatoms. The molecule has 0 bridgehead atoms. The maximum Gasteiger partial charge on any atom is 0.143 e. The highest BCUT2D eigenvalue weighted by Gasteiger charge is 2.24. The second-order valence-corrected chi connectivity index (χ2v) is 14.3. The Morgan fingerprint density at radius 3 is 1.51 bits per heavy atom. The molecule has 0 saturated carbocycles. The first-order valence-electron chi connectivity index (χ1n) is 18.7. The lowest BCUT2D eigenvalue weighted by atomic mass is 9.85. The van der Waals surface area contributed by atoms with Crippen LogP contribution in [0.2, 0.25) is 0 Å². The summed E-state index contributed by atoms with van der Waals surface area (Å²) < 4.78 is 20.0. The van der Waals surface area contributed by atoms with E-state index in [0.717, 1.165) is 88.4 Å². The number of hydrogen-bond donors (Lipinski definition) is 0. The third-order valence-corrected chi connectivity index (χ3v) is 11.3. The number of rotatable bonds is 4. The Balaban J connectivity index is 1.14. The fraction of sp³-hybridized carbons (Fsp3) is 0. The van der Waals surface area contributed by atoms with Crippen LogP contribution < -0.4 is 0 Å². The topological polar surface area (TPSA) is 39.4 Å². The Bertz CT molecular complexity index is 3420. The number of furan rings is 3. The predicted molar refractivity (Wildman–Crippen MR) is 228 cm³/mol. The highest BCUT2D eigenvalue weighted by Crippen LogP contribution is 2.49. The average Bonchev–Trinajstić information content (AvgIpc) is 3.93. The average molecular weight is 703 g/mol. The Labute approximate surface area is 315 Å². The molecule has 0 saturated heterocycles. The molecule has 55 heavy (non-hydrogen) atoms. The number of para-hydroxylation sites is 1. The van der Waals surface area contributed by atoms with E-state index in [9.17, 15) is 0 Å². The fourth-order valence-electron chi connectivity index (χ4n) is 8.92. The van der Waals surface area contributed by atoms with E-state index < -0.39 is 0 Å². The highest BCUT2D eigenvalue weighted by atomic mass is 16.3. The molecule has 0 aliphatic heterocycles. The molecule has 0 aliphatic carbocycles. The van der Waals surface area contributed by atoms with E-state index in [4.69, 9.17) is 13.3 Å². The van der Waals surface area contributed by atoms with Gasteiger partial charge in [0.15, 0.2) is 0 Å². The van der Waals surface area contributed by atoms with Crippen LogP contribution in [-0.4, -0.2) is 0 Å². The molecule has 256 valence electrons. The molecular weight excluding hydrogens is 673 g/mol. The van der Waals surface area contributed by atoms with Gasteiger partial charge in [0.1, 0.15) is 33.7 Å². The maximum absolute atomic E-state index is 6.82. The quantitative estimate of drug-likeness (QED) is 0.171. The summed E-state index contributed by atoms with van der Waals surface area (Å²) in [5.74, 6) is 0.854. The molecule has 0 unspecified atom stereocenters. The molecule has 0 spiro atoms. The minimum Gasteiger partial charge on any atom is -0.456 e. The molecular formula is C52H30O3. The van der Waals surface area contributed by atoms with E-state index >= 15 is 0 Å². The van der Waals surface area contributed by atoms with Crippen LogP contribution in [0.1, 0.15) is 0 Å². The van der Waals surface area contributed by atoms with Crippen molar-refractivity contribution in [1.29, 1.82) is 0 Å². The second-order valence-electron chi connectivity index (χ2n) is 14.3. The smallest absolute Gasteiger partial charge is 0.143 e. The molecule has 0 radical (unpaired) electrons. The van der Waals surface area contributed by atoms with Crippen LogP contribution in [0.25, 0.3) is 121 Å². The Hall–Kier alpha value is -7.36. The zero-order valence-corrected chi connectivity index (χ0v) is 29.5. The normalized spacial score (nSPS) is 12.0. The molecule has 0 N–H and O–H groups in total. The summed E-state index contributed by atoms with van der Waals surface area (Å²) in [4.78, 5) is 0. The minimum absolute atomic E-state index is 0.828. The van der Waals surface area contributed by atoms with Crippen LogP contribution in [0.3, 0.4) is 0 Å². The Kier molecular flexibility index (Phi) is 6.34. The van der Waals surface area contributed by atoms with Gasteiger partial charge in [0, 0.05) is 38.1 Å². The fourth-order valence-corrected chi connectivity index (χ4v) is 8.92. The van der Waals surface area contributed by atoms with E-state index in [0.29, 0.717) is 0 Å². The van der Waals surface area contributed by atoms with Crippen molar-refractivity contribution in [2.24, 2.45) is 0 Å². The third kappa shape index (κ3) is 4.44. The first-order valence-corrected chi connectivity index (χ1v) is 18.7. The van der Waals surface area contributed by atoms with Gasteiger partial charge in [-0.25, -0.2) is 0 Å². The van der Waals surface area contributed by atoms with Crippen molar-refractivity contribution in [3.8, 4) is 44.7 Å². The van der Waals surface area contributed by atoms with Gasteiger partial charge in [-0.3, -0.25) is 0 Å². The monoisotopic (exact) mass is 702 g/mol. The van der Waals surface area contributed by atoms with Gasteiger partial charge in [0.25, 0.3) is 0 Å². The highest BCUT2D eigenvalue weighted by molar-refractivity contribution is 6.26. The van der Waals surface area contributed by atoms with E-state index in [-0.39, 0.29) is 0 Å². The lowest BCUT2D eigenvalue weighted by Crippen LogP contribution is -1.91. The summed E-state index contributed by atoms with van der Waals surface area (Å²) in [6.45, 7) is 0. The molecule has 0 amide bonds. The molecule has 12 rings (SSSR count). The van der Waals surface area contributed by atoms with Gasteiger partial charge in [0.2, 0.25) is 0 Å². The maximum atomic E-state index is 6.82. The van der Waals surface area contributed by atoms with Crippen LogP contribution in [0, 0.1) is 0 Å². The zero-order valence-electron chi connectivity index (χ0n) is 29.5. The summed E-state index contributed by atoms with van der Waals surface area (Å²) in [5, 5.41) is 10.1. The summed E-state index contributed by atoms with van der Waals surface area (Å²) >= 11 is 0. The summed E-state index contributed by atoms with van der Waals surface area (Å²) in [6.07, 6.45) is 0. The van der Waals surface area contributed by atoms with Gasteiger partial charge in [-0.15, -0.1) is 0 Å². The number of hydrogen-bond acceptors (Lipinski definition) is 3. The van der Waals surface area contributed by atoms with Gasteiger partial charge in [-0.2, -0.15) is 0 Å². The number of benzene rings is 9. The standard InChI is InChI=1S/C52H30O3/c1-3-14-31(15-4-1)49-41-29-46-42(30-47(41)55-52(49)32-16-5-2-6-17-32)51-40(23-13-25-44(51)54-46)50-38-21-9-7-19-36(38)48(37-20-8-10-22-39(37)50)33-26-27-35-34-18-11-12-24-43(34)53-45(35)28-33/h1-30H. The van der Waals surface area contributed by atoms with E-state index in [1.807, 2.05) is 24.3 Å². The van der Waals surface area contributed by atoms with Gasteiger partial charge in [-0.1, -0.05) is 146 Å². The van der Waals surface area contributed by atoms with Crippen LogP contribution >= 0.6 is 0 Å². The molecule has 9 aromatic carbocycles. The van der Waals surface area contributed by atoms with Gasteiger partial charge in [0.05, 0.1) is 0 Å². The van der Waals surface area contributed by atoms with Crippen molar-refractivity contribution >= 4 is 76.4 Å². The predicted octanol–water partition coefficient (Wildman–Crippen LogP) is 15.2. The Morgan fingerprint density at radius 2 is 0.782 bits per heavy atom. The minimum atomic E-state index is 0.828. The van der Waals surface area contributed by atoms with E-state index in [1.165, 1.54) is 32.7 Å². The van der Waals surface area contributed by atoms with Crippen molar-refractivity contribution in [2.45, 2.75) is 0 Å². The molecule has 3 nitrogen and oxygen atoms in total. The van der Waals surface area contributed by atoms with Crippen molar-refractivity contribution in [2.75, 3.05) is 0 Å². The lowest BCUT2D eigenvalue weighted by Gasteiger charge is -2.18. The first kappa shape index (κ1) is 30.1. The van der Waals surface area contributed by atoms with Crippen LogP contribution in [0.4, 0.5) is 0 Å². The molecule has 0 atom stereocenters. The zero-order chi connectivity index (χ0) is 36.0. The van der Waals surface area contributed by atoms with Crippen molar-refractivity contribution < 1.29 is 13.3 Å². The second kappa shape index (κ2) is 11.6. The summed E-state index contributed by atoms with van der Waals surface area (Å²) in [7, 11) is 0. The molecule has 0 aliphatic rings. The number of fused-ring (bicyclic) bond motifs is 9. The van der Waals surface area contributed by atoms with Gasteiger partial charge < -0.3 is 13.3 Å². The summed E-state index contributed by atoms with van der Waals surface area (Å²) in [5.41, 5.74) is 12.1. The largest absolute Gasteiger partial charge is 0.456 e. The Morgan fingerprint density at radius 1 is 0.255 bits per heavy atom. The van der Waals surface area contributed by atoms with Crippen LogP contribution in [0.15, 0.2) is 195 Å². The van der Waals surface area contributed by atoms with Crippen molar-refractivity contribution in [3.05, 3.63) is 182 Å². The van der Waals surface area contributed by atoms with E-state index in [1.54, 1.807) is 0 Å². The third-order valence-electron chi connectivity index (χ3n) is 11.3. The van der Waals surface area contributed by atoms with Crippen LogP contribution in [-0.2, 0) is 0 Å². The van der Waals surface area contributed by atoms with Crippen LogP contribution in [0.5, 0.6) is 0 Å². The summed E-state index contributed by atoms with van der Waals surface area (Å²) in [6, 6.07) is 64.1. The molecule has 3 aromatic heterocycles. The van der Waals surface area contributed by atoms with Gasteiger partial charge in [-0.05, 0) is 85.8 Å². The van der Waals surface area contributed by atoms with Crippen molar-refractivity contribution in [3.63, 3.8) is 0 Å². The molecule has 12 aromatic rings.